The van der Waals surface area contributed by atoms with Gasteiger partial charge in [0.2, 0.25) is 11.8 Å². The average molecular weight is 391 g/mol. The summed E-state index contributed by atoms with van der Waals surface area (Å²) in [5.41, 5.74) is 1.24. The highest BCUT2D eigenvalue weighted by molar-refractivity contribution is 5.73. The standard InChI is InChI=1S/C22H34N2O4/c1-19(25)23(16-13-22-11-7-6-8-12-22)14-9-4-5-10-15-24(20(2)26)17-18-28-21(3)27/h6-8,11-12H,4-5,9-10,13-18H2,1-3H3. The van der Waals surface area contributed by atoms with Gasteiger partial charge in [-0.05, 0) is 24.8 Å². The first kappa shape index (κ1) is 23.7. The number of nitrogens with zero attached hydrogens (tertiary/aromatic N) is 2. The molecule has 6 heteroatoms. The van der Waals surface area contributed by atoms with Crippen molar-refractivity contribution < 1.29 is 19.1 Å². The van der Waals surface area contributed by atoms with Crippen LogP contribution in [0.25, 0.3) is 0 Å². The van der Waals surface area contributed by atoms with Crippen LogP contribution in [0.15, 0.2) is 30.3 Å². The summed E-state index contributed by atoms with van der Waals surface area (Å²) in [6, 6.07) is 10.2. The smallest absolute Gasteiger partial charge is 0.302 e. The van der Waals surface area contributed by atoms with Crippen molar-refractivity contribution in [1.82, 2.24) is 9.80 Å². The lowest BCUT2D eigenvalue weighted by atomic mass is 10.1. The summed E-state index contributed by atoms with van der Waals surface area (Å²) in [7, 11) is 0. The highest BCUT2D eigenvalue weighted by Gasteiger charge is 2.10. The Kier molecular flexibility index (Phi) is 11.6. The molecule has 1 aromatic carbocycles. The van der Waals surface area contributed by atoms with Crippen LogP contribution in [0.1, 0.15) is 52.0 Å². The number of esters is 1. The molecule has 6 nitrogen and oxygen atoms in total. The summed E-state index contributed by atoms with van der Waals surface area (Å²) < 4.78 is 4.90. The summed E-state index contributed by atoms with van der Waals surface area (Å²) in [5.74, 6) is -0.217. The normalized spacial score (nSPS) is 10.4. The van der Waals surface area contributed by atoms with Crippen molar-refractivity contribution in [3.8, 4) is 0 Å². The van der Waals surface area contributed by atoms with Gasteiger partial charge in [0.15, 0.2) is 0 Å². The molecule has 0 heterocycles. The topological polar surface area (TPSA) is 66.9 Å². The number of carbonyl (C=O) groups is 3. The molecule has 1 rings (SSSR count). The lowest BCUT2D eigenvalue weighted by Crippen LogP contribution is -2.33. The second kappa shape index (κ2) is 13.7. The molecule has 0 saturated heterocycles. The van der Waals surface area contributed by atoms with Crippen LogP contribution >= 0.6 is 0 Å². The molecule has 0 aliphatic heterocycles. The fourth-order valence-corrected chi connectivity index (χ4v) is 3.02. The number of hydrogen-bond donors (Lipinski definition) is 0. The molecule has 28 heavy (non-hydrogen) atoms. The summed E-state index contributed by atoms with van der Waals surface area (Å²) in [6.45, 7) is 7.38. The minimum Gasteiger partial charge on any atom is -0.464 e. The first-order chi connectivity index (χ1) is 13.4. The van der Waals surface area contributed by atoms with Crippen molar-refractivity contribution in [2.75, 3.05) is 32.8 Å². The Labute approximate surface area is 168 Å². The van der Waals surface area contributed by atoms with E-state index in [4.69, 9.17) is 4.74 Å². The number of amides is 2. The Bertz CT molecular complexity index is 604. The molecule has 2 amide bonds. The lowest BCUT2D eigenvalue weighted by Gasteiger charge is -2.22. The van der Waals surface area contributed by atoms with Crippen LogP contribution in [0.4, 0.5) is 0 Å². The Morgan fingerprint density at radius 2 is 1.29 bits per heavy atom. The maximum Gasteiger partial charge on any atom is 0.302 e. The average Bonchev–Trinajstić information content (AvgIpc) is 2.65. The molecule has 0 aromatic heterocycles. The molecule has 0 saturated carbocycles. The van der Waals surface area contributed by atoms with E-state index >= 15 is 0 Å². The van der Waals surface area contributed by atoms with E-state index < -0.39 is 0 Å². The van der Waals surface area contributed by atoms with Crippen LogP contribution in [0.3, 0.4) is 0 Å². The van der Waals surface area contributed by atoms with Gasteiger partial charge < -0.3 is 14.5 Å². The van der Waals surface area contributed by atoms with Crippen molar-refractivity contribution in [2.24, 2.45) is 0 Å². The Balaban J connectivity index is 2.21. The van der Waals surface area contributed by atoms with Gasteiger partial charge in [0, 0.05) is 40.4 Å². The highest BCUT2D eigenvalue weighted by atomic mass is 16.5. The third-order valence-electron chi connectivity index (χ3n) is 4.68. The molecule has 0 N–H and O–H groups in total. The summed E-state index contributed by atoms with van der Waals surface area (Å²) in [4.78, 5) is 37.9. The SMILES string of the molecule is CC(=O)OCCN(CCCCCCN(CCc1ccccc1)C(C)=O)C(C)=O. The van der Waals surface area contributed by atoms with Crippen molar-refractivity contribution in [3.63, 3.8) is 0 Å². The molecular formula is C22H34N2O4. The zero-order chi connectivity index (χ0) is 20.8. The van der Waals surface area contributed by atoms with Gasteiger partial charge in [0.25, 0.3) is 0 Å². The molecule has 0 aliphatic carbocycles. The first-order valence-corrected chi connectivity index (χ1v) is 10.1. The van der Waals surface area contributed by atoms with E-state index in [-0.39, 0.29) is 24.4 Å². The molecule has 0 spiro atoms. The predicted molar refractivity (Wildman–Crippen MR) is 110 cm³/mol. The van der Waals surface area contributed by atoms with Crippen LogP contribution in [0.2, 0.25) is 0 Å². The summed E-state index contributed by atoms with van der Waals surface area (Å²) >= 11 is 0. The Morgan fingerprint density at radius 3 is 1.79 bits per heavy atom. The van der Waals surface area contributed by atoms with Gasteiger partial charge in [0.1, 0.15) is 6.61 Å². The number of hydrogen-bond acceptors (Lipinski definition) is 4. The molecular weight excluding hydrogens is 356 g/mol. The molecule has 0 radical (unpaired) electrons. The first-order valence-electron chi connectivity index (χ1n) is 10.1. The maximum absolute atomic E-state index is 11.8. The molecule has 0 atom stereocenters. The molecule has 156 valence electrons. The minimum absolute atomic E-state index is 0.00387. The van der Waals surface area contributed by atoms with Gasteiger partial charge in [-0.3, -0.25) is 14.4 Å². The van der Waals surface area contributed by atoms with E-state index in [1.165, 1.54) is 19.4 Å². The van der Waals surface area contributed by atoms with E-state index in [0.717, 1.165) is 45.2 Å². The van der Waals surface area contributed by atoms with Gasteiger partial charge in [-0.2, -0.15) is 0 Å². The van der Waals surface area contributed by atoms with Gasteiger partial charge in [-0.25, -0.2) is 0 Å². The number of unbranched alkanes of at least 4 members (excludes halogenated alkanes) is 3. The molecule has 0 fully saturated rings. The predicted octanol–water partition coefficient (Wildman–Crippen LogP) is 3.05. The molecule has 0 unspecified atom stereocenters. The molecule has 0 aliphatic rings. The van der Waals surface area contributed by atoms with Crippen LogP contribution in [-0.4, -0.2) is 60.4 Å². The fourth-order valence-electron chi connectivity index (χ4n) is 3.02. The summed E-state index contributed by atoms with van der Waals surface area (Å²) in [6.07, 6.45) is 4.76. The number of carbonyl (C=O) groups excluding carboxylic acids is 3. The van der Waals surface area contributed by atoms with Crippen molar-refractivity contribution >= 4 is 17.8 Å². The quantitative estimate of drug-likeness (QED) is 0.383. The largest absolute Gasteiger partial charge is 0.464 e. The number of benzene rings is 1. The van der Waals surface area contributed by atoms with Gasteiger partial charge in [0.05, 0.1) is 6.54 Å². The molecule has 1 aromatic rings. The van der Waals surface area contributed by atoms with Crippen LogP contribution < -0.4 is 0 Å². The van der Waals surface area contributed by atoms with Crippen molar-refractivity contribution in [1.29, 1.82) is 0 Å². The van der Waals surface area contributed by atoms with Crippen LogP contribution in [0, 0.1) is 0 Å². The van der Waals surface area contributed by atoms with Gasteiger partial charge in [-0.1, -0.05) is 43.2 Å². The van der Waals surface area contributed by atoms with Gasteiger partial charge >= 0.3 is 5.97 Å². The monoisotopic (exact) mass is 390 g/mol. The van der Waals surface area contributed by atoms with Gasteiger partial charge in [-0.15, -0.1) is 0 Å². The lowest BCUT2D eigenvalue weighted by molar-refractivity contribution is -0.143. The Hall–Kier alpha value is -2.37. The van der Waals surface area contributed by atoms with E-state index in [9.17, 15) is 14.4 Å². The minimum atomic E-state index is -0.328. The van der Waals surface area contributed by atoms with E-state index in [2.05, 4.69) is 12.1 Å². The number of rotatable bonds is 13. The third-order valence-corrected chi connectivity index (χ3v) is 4.68. The highest BCUT2D eigenvalue weighted by Crippen LogP contribution is 2.07. The third kappa shape index (κ3) is 10.7. The van der Waals surface area contributed by atoms with Crippen molar-refractivity contribution in [3.05, 3.63) is 35.9 Å². The van der Waals surface area contributed by atoms with Crippen molar-refractivity contribution in [2.45, 2.75) is 52.9 Å². The van der Waals surface area contributed by atoms with E-state index in [1.54, 1.807) is 11.8 Å². The van der Waals surface area contributed by atoms with E-state index in [0.29, 0.717) is 13.1 Å². The molecule has 0 bridgehead atoms. The van der Waals surface area contributed by atoms with Crippen LogP contribution in [-0.2, 0) is 25.5 Å². The summed E-state index contributed by atoms with van der Waals surface area (Å²) in [5, 5.41) is 0. The number of ether oxygens (including phenoxy) is 1. The van der Waals surface area contributed by atoms with Crippen LogP contribution in [0.5, 0.6) is 0 Å². The second-order valence-electron chi connectivity index (χ2n) is 7.00. The second-order valence-corrected chi connectivity index (χ2v) is 7.00. The fraction of sp³-hybridized carbons (Fsp3) is 0.591. The Morgan fingerprint density at radius 1 is 0.750 bits per heavy atom. The van der Waals surface area contributed by atoms with E-state index in [1.807, 2.05) is 23.1 Å². The maximum atomic E-state index is 11.8. The zero-order valence-corrected chi connectivity index (χ0v) is 17.5. The zero-order valence-electron chi connectivity index (χ0n) is 17.5.